The number of imidazole rings is 1. The standard InChI is InChI=1S/C24H26F6N4O2/c1-12(2)34-11-32-19-6-16(5-17(21(19)34)24(28,29)30)36-10-15-8-23(35,7-13(3)33-15)14-4-18(25)20(22(26)27)31-9-14/h4-6,9,11-13,15,22,33,35H,7-8,10H2,1-3H3/t13-,15-,23-/m0/s1. The van der Waals surface area contributed by atoms with Crippen molar-refractivity contribution in [1.29, 1.82) is 0 Å². The Morgan fingerprint density at radius 2 is 1.92 bits per heavy atom. The number of ether oxygens (including phenoxy) is 1. The van der Waals surface area contributed by atoms with Crippen LogP contribution in [0.2, 0.25) is 0 Å². The normalized spacial score (nSPS) is 23.1. The number of halogens is 6. The molecule has 3 aromatic rings. The molecule has 1 aliphatic rings. The molecule has 0 saturated carbocycles. The van der Waals surface area contributed by atoms with Gasteiger partial charge in [-0.2, -0.15) is 13.2 Å². The van der Waals surface area contributed by atoms with Crippen LogP contribution in [0.15, 0.2) is 30.7 Å². The summed E-state index contributed by atoms with van der Waals surface area (Å²) in [5.41, 5.74) is -3.32. The number of aliphatic hydroxyl groups is 1. The maximum Gasteiger partial charge on any atom is 0.418 e. The third-order valence-corrected chi connectivity index (χ3v) is 6.32. The minimum absolute atomic E-state index is 0.00281. The van der Waals surface area contributed by atoms with E-state index in [4.69, 9.17) is 4.74 Å². The summed E-state index contributed by atoms with van der Waals surface area (Å²) in [6.45, 7) is 5.17. The van der Waals surface area contributed by atoms with Crippen LogP contribution in [0, 0.1) is 5.82 Å². The van der Waals surface area contributed by atoms with Crippen molar-refractivity contribution >= 4 is 11.0 Å². The number of benzene rings is 1. The van der Waals surface area contributed by atoms with E-state index in [1.807, 2.05) is 0 Å². The van der Waals surface area contributed by atoms with Crippen molar-refractivity contribution in [2.45, 2.75) is 69.9 Å². The molecular weight excluding hydrogens is 490 g/mol. The SMILES string of the molecule is CC(C)n1cnc2cc(OC[C@@H]3C[C@](O)(c4cnc(C(F)F)c(F)c4)C[C@H](C)N3)cc(C(F)(F)F)c21. The molecule has 1 saturated heterocycles. The average Bonchev–Trinajstić information content (AvgIpc) is 3.20. The van der Waals surface area contributed by atoms with E-state index in [9.17, 15) is 31.4 Å². The summed E-state index contributed by atoms with van der Waals surface area (Å²) >= 11 is 0. The van der Waals surface area contributed by atoms with E-state index in [1.54, 1.807) is 20.8 Å². The molecule has 1 fully saturated rings. The molecule has 0 bridgehead atoms. The number of alkyl halides is 5. The molecular formula is C24H26F6N4O2. The van der Waals surface area contributed by atoms with Gasteiger partial charge in [0.15, 0.2) is 5.82 Å². The summed E-state index contributed by atoms with van der Waals surface area (Å²) in [7, 11) is 0. The van der Waals surface area contributed by atoms with Gasteiger partial charge in [-0.15, -0.1) is 0 Å². The van der Waals surface area contributed by atoms with Crippen LogP contribution in [0.5, 0.6) is 5.75 Å². The zero-order valence-corrected chi connectivity index (χ0v) is 19.8. The van der Waals surface area contributed by atoms with Gasteiger partial charge in [-0.3, -0.25) is 4.98 Å². The van der Waals surface area contributed by atoms with E-state index in [0.717, 1.165) is 18.3 Å². The van der Waals surface area contributed by atoms with Gasteiger partial charge in [-0.25, -0.2) is 18.2 Å². The van der Waals surface area contributed by atoms with Crippen molar-refractivity contribution in [2.24, 2.45) is 0 Å². The molecule has 2 N–H and O–H groups in total. The minimum atomic E-state index is -4.64. The Labute approximate surface area is 203 Å². The highest BCUT2D eigenvalue weighted by atomic mass is 19.4. The molecule has 12 heteroatoms. The molecule has 0 aliphatic carbocycles. The summed E-state index contributed by atoms with van der Waals surface area (Å²) < 4.78 is 88.5. The highest BCUT2D eigenvalue weighted by Crippen LogP contribution is 2.39. The van der Waals surface area contributed by atoms with Crippen molar-refractivity contribution in [3.05, 3.63) is 53.4 Å². The van der Waals surface area contributed by atoms with Crippen molar-refractivity contribution in [1.82, 2.24) is 19.9 Å². The molecule has 196 valence electrons. The second-order valence-corrected chi connectivity index (χ2v) is 9.49. The highest BCUT2D eigenvalue weighted by Gasteiger charge is 2.40. The number of rotatable bonds is 6. The van der Waals surface area contributed by atoms with Gasteiger partial charge in [0.05, 0.1) is 28.5 Å². The van der Waals surface area contributed by atoms with E-state index in [2.05, 4.69) is 15.3 Å². The van der Waals surface area contributed by atoms with Crippen molar-refractivity contribution in [3.8, 4) is 5.75 Å². The van der Waals surface area contributed by atoms with E-state index >= 15 is 0 Å². The zero-order chi connectivity index (χ0) is 26.4. The lowest BCUT2D eigenvalue weighted by molar-refractivity contribution is -0.136. The lowest BCUT2D eigenvalue weighted by Crippen LogP contribution is -2.53. The predicted molar refractivity (Wildman–Crippen MR) is 119 cm³/mol. The van der Waals surface area contributed by atoms with Crippen LogP contribution in [-0.2, 0) is 11.8 Å². The molecule has 1 aromatic carbocycles. The number of pyridine rings is 1. The number of piperidine rings is 1. The molecule has 0 radical (unpaired) electrons. The van der Waals surface area contributed by atoms with Crippen LogP contribution in [0.1, 0.15) is 62.9 Å². The average molecular weight is 516 g/mol. The Kier molecular flexibility index (Phi) is 6.95. The third kappa shape index (κ3) is 5.15. The van der Waals surface area contributed by atoms with E-state index in [1.165, 1.54) is 17.0 Å². The topological polar surface area (TPSA) is 72.2 Å². The number of fused-ring (bicyclic) bond motifs is 1. The summed E-state index contributed by atoms with van der Waals surface area (Å²) in [5.74, 6) is -1.26. The van der Waals surface area contributed by atoms with Gasteiger partial charge < -0.3 is 19.7 Å². The fourth-order valence-corrected chi connectivity index (χ4v) is 4.76. The monoisotopic (exact) mass is 516 g/mol. The largest absolute Gasteiger partial charge is 0.492 e. The maximum atomic E-state index is 14.1. The zero-order valence-electron chi connectivity index (χ0n) is 19.8. The first-order valence-electron chi connectivity index (χ1n) is 11.4. The molecule has 1 aliphatic heterocycles. The molecule has 0 unspecified atom stereocenters. The van der Waals surface area contributed by atoms with Gasteiger partial charge in [0.1, 0.15) is 18.1 Å². The fourth-order valence-electron chi connectivity index (χ4n) is 4.76. The highest BCUT2D eigenvalue weighted by molar-refractivity contribution is 5.81. The number of aromatic nitrogens is 3. The Morgan fingerprint density at radius 3 is 2.53 bits per heavy atom. The lowest BCUT2D eigenvalue weighted by Gasteiger charge is -2.41. The summed E-state index contributed by atoms with van der Waals surface area (Å²) in [6, 6.07) is 2.13. The third-order valence-electron chi connectivity index (χ3n) is 6.32. The maximum absolute atomic E-state index is 14.1. The van der Waals surface area contributed by atoms with Crippen LogP contribution >= 0.6 is 0 Å². The van der Waals surface area contributed by atoms with Crippen molar-refractivity contribution in [3.63, 3.8) is 0 Å². The van der Waals surface area contributed by atoms with Gasteiger partial charge in [0.25, 0.3) is 6.43 Å². The number of nitrogens with one attached hydrogen (secondary N) is 1. The van der Waals surface area contributed by atoms with Gasteiger partial charge in [-0.1, -0.05) is 0 Å². The van der Waals surface area contributed by atoms with Crippen LogP contribution in [0.25, 0.3) is 11.0 Å². The summed E-state index contributed by atoms with van der Waals surface area (Å²) in [4.78, 5) is 7.57. The fraction of sp³-hybridized carbons (Fsp3) is 0.500. The summed E-state index contributed by atoms with van der Waals surface area (Å²) in [6.07, 6.45) is -5.20. The molecule has 0 amide bonds. The molecule has 3 atom stereocenters. The lowest BCUT2D eigenvalue weighted by atomic mass is 9.79. The van der Waals surface area contributed by atoms with Crippen LogP contribution in [0.4, 0.5) is 26.3 Å². The van der Waals surface area contributed by atoms with Crippen molar-refractivity contribution in [2.75, 3.05) is 6.61 Å². The second kappa shape index (κ2) is 9.55. The number of nitrogens with zero attached hydrogens (tertiary/aromatic N) is 3. The first-order valence-corrected chi connectivity index (χ1v) is 11.4. The van der Waals surface area contributed by atoms with Gasteiger partial charge in [-0.05, 0) is 45.7 Å². The van der Waals surface area contributed by atoms with Gasteiger partial charge >= 0.3 is 6.18 Å². The first-order chi connectivity index (χ1) is 16.8. The van der Waals surface area contributed by atoms with E-state index in [-0.39, 0.29) is 53.9 Å². The Hall–Kier alpha value is -2.86. The molecule has 0 spiro atoms. The van der Waals surface area contributed by atoms with Gasteiger partial charge in [0, 0.05) is 36.0 Å². The van der Waals surface area contributed by atoms with Crippen LogP contribution < -0.4 is 10.1 Å². The summed E-state index contributed by atoms with van der Waals surface area (Å²) in [5, 5.41) is 14.4. The number of hydrogen-bond acceptors (Lipinski definition) is 5. The molecule has 36 heavy (non-hydrogen) atoms. The molecule has 3 heterocycles. The van der Waals surface area contributed by atoms with Crippen molar-refractivity contribution < 1.29 is 36.2 Å². The minimum Gasteiger partial charge on any atom is -0.492 e. The van der Waals surface area contributed by atoms with Crippen LogP contribution in [0.3, 0.4) is 0 Å². The Balaban J connectivity index is 1.57. The van der Waals surface area contributed by atoms with E-state index < -0.39 is 41.3 Å². The quantitative estimate of drug-likeness (QED) is 0.423. The first kappa shape index (κ1) is 26.2. The number of hydrogen-bond donors (Lipinski definition) is 2. The molecule has 4 rings (SSSR count). The second-order valence-electron chi connectivity index (χ2n) is 9.49. The Morgan fingerprint density at radius 1 is 1.19 bits per heavy atom. The van der Waals surface area contributed by atoms with Crippen LogP contribution in [-0.4, -0.2) is 38.3 Å². The smallest absolute Gasteiger partial charge is 0.418 e. The molecule has 6 nitrogen and oxygen atoms in total. The molecule has 2 aromatic heterocycles. The van der Waals surface area contributed by atoms with Gasteiger partial charge in [0.2, 0.25) is 0 Å². The Bertz CT molecular complexity index is 1250. The van der Waals surface area contributed by atoms with E-state index in [0.29, 0.717) is 0 Å². The predicted octanol–water partition coefficient (Wildman–Crippen LogP) is 5.51.